The first-order valence-corrected chi connectivity index (χ1v) is 15.9. The van der Waals surface area contributed by atoms with Crippen molar-refractivity contribution in [3.63, 3.8) is 0 Å². The van der Waals surface area contributed by atoms with Gasteiger partial charge in [-0.3, -0.25) is 14.1 Å². The molecule has 3 amide bonds. The number of anilines is 1. The number of ether oxygens (including phenoxy) is 1. The third kappa shape index (κ3) is 6.67. The molecule has 0 bridgehead atoms. The van der Waals surface area contributed by atoms with Gasteiger partial charge in [0.2, 0.25) is 5.60 Å². The van der Waals surface area contributed by atoms with Crippen molar-refractivity contribution in [3.8, 4) is 0 Å². The first-order valence-electron chi connectivity index (χ1n) is 13.6. The Morgan fingerprint density at radius 1 is 1.24 bits per heavy atom. The first kappa shape index (κ1) is 32.0. The molecule has 2 aromatic rings. The Kier molecular flexibility index (Phi) is 8.91. The fourth-order valence-electron chi connectivity index (χ4n) is 5.12. The number of β-lactam (4-membered cyclic amide) rings is 1. The number of carboxylic acids is 1. The summed E-state index contributed by atoms with van der Waals surface area (Å²) in [5, 5.41) is 25.4. The van der Waals surface area contributed by atoms with E-state index in [1.165, 1.54) is 16.5 Å². The summed E-state index contributed by atoms with van der Waals surface area (Å²) in [7, 11) is -5.06. The molecule has 3 aliphatic rings. The minimum absolute atomic E-state index is 0.0605. The summed E-state index contributed by atoms with van der Waals surface area (Å²) in [5.41, 5.74) is 9.22. The van der Waals surface area contributed by atoms with Crippen LogP contribution in [0.2, 0.25) is 0 Å². The molecule has 0 aromatic carbocycles. The number of carboxylic acid groups (broad SMARTS) is 1. The summed E-state index contributed by atoms with van der Waals surface area (Å²) in [6, 6.07) is -2.91. The third-order valence-electron chi connectivity index (χ3n) is 7.62. The molecule has 1 aliphatic carbocycles. The fraction of sp³-hybridized carbons (Fsp3) is 0.565. The molecule has 4 heterocycles. The van der Waals surface area contributed by atoms with Crippen LogP contribution in [0.5, 0.6) is 0 Å². The van der Waals surface area contributed by atoms with Crippen LogP contribution in [0.1, 0.15) is 37.1 Å². The average Bonchev–Trinajstić information content (AvgIpc) is 3.71. The number of carbonyl (C=O) groups is 4. The van der Waals surface area contributed by atoms with Crippen molar-refractivity contribution in [2.75, 3.05) is 25.4 Å². The second-order valence-electron chi connectivity index (χ2n) is 10.7. The molecule has 7 N–H and O–H groups in total. The summed E-state index contributed by atoms with van der Waals surface area (Å²) < 4.78 is 39.0. The van der Waals surface area contributed by atoms with Gasteiger partial charge in [0.25, 0.3) is 11.8 Å². The molecular formula is C23H30N10O10S2. The van der Waals surface area contributed by atoms with E-state index in [4.69, 9.17) is 21.0 Å². The number of nitrogens with zero attached hydrogens (tertiary/aromatic N) is 7. The van der Waals surface area contributed by atoms with E-state index in [-0.39, 0.29) is 46.2 Å². The van der Waals surface area contributed by atoms with Crippen LogP contribution in [0.15, 0.2) is 16.7 Å². The Labute approximate surface area is 259 Å². The minimum Gasteiger partial charge on any atom is -0.478 e. The zero-order valence-electron chi connectivity index (χ0n) is 23.5. The van der Waals surface area contributed by atoms with E-state index >= 15 is 0 Å². The van der Waals surface area contributed by atoms with E-state index in [2.05, 4.69) is 25.7 Å². The zero-order chi connectivity index (χ0) is 32.5. The lowest BCUT2D eigenvalue weighted by Gasteiger charge is -2.43. The Hall–Kier alpha value is -4.41. The fourth-order valence-corrected chi connectivity index (χ4v) is 6.54. The maximum atomic E-state index is 13.4. The van der Waals surface area contributed by atoms with Gasteiger partial charge in [0.15, 0.2) is 10.8 Å². The molecule has 2 saturated heterocycles. The van der Waals surface area contributed by atoms with Crippen LogP contribution < -0.4 is 16.8 Å². The van der Waals surface area contributed by atoms with Gasteiger partial charge < -0.3 is 36.4 Å². The largest absolute Gasteiger partial charge is 0.478 e. The van der Waals surface area contributed by atoms with Gasteiger partial charge in [-0.1, -0.05) is 5.16 Å². The van der Waals surface area contributed by atoms with Crippen LogP contribution in [-0.4, -0.2) is 114 Å². The second kappa shape index (κ2) is 12.5. The predicted octanol–water partition coefficient (Wildman–Crippen LogP) is -1.84. The van der Waals surface area contributed by atoms with Crippen molar-refractivity contribution >= 4 is 56.4 Å². The van der Waals surface area contributed by atoms with Gasteiger partial charge in [-0.25, -0.2) is 18.9 Å². The van der Waals surface area contributed by atoms with Crippen molar-refractivity contribution < 1.29 is 46.8 Å². The molecule has 22 heteroatoms. The number of rotatable bonds is 12. The van der Waals surface area contributed by atoms with E-state index in [9.17, 15) is 37.3 Å². The maximum Gasteiger partial charge on any atom is 0.410 e. The Bertz CT molecular complexity index is 1610. The monoisotopic (exact) mass is 670 g/mol. The summed E-state index contributed by atoms with van der Waals surface area (Å²) >= 11 is 0.962. The van der Waals surface area contributed by atoms with Crippen molar-refractivity contribution in [3.05, 3.63) is 23.0 Å². The number of oxime groups is 1. The van der Waals surface area contributed by atoms with Crippen molar-refractivity contribution in [1.82, 2.24) is 34.5 Å². The highest BCUT2D eigenvalue weighted by Crippen LogP contribution is 2.34. The molecule has 1 saturated carbocycles. The van der Waals surface area contributed by atoms with Crippen LogP contribution in [-0.2, 0) is 47.4 Å². The molecule has 2 aromatic heterocycles. The quantitative estimate of drug-likeness (QED) is 0.0717. The van der Waals surface area contributed by atoms with E-state index < -0.39 is 64.1 Å². The lowest BCUT2D eigenvalue weighted by molar-refractivity contribution is -0.165. The van der Waals surface area contributed by atoms with Gasteiger partial charge in [-0.05, 0) is 19.4 Å². The molecule has 0 unspecified atom stereocenters. The number of nitrogen functional groups attached to an aromatic ring is 1. The zero-order valence-corrected chi connectivity index (χ0v) is 25.1. The number of aromatic nitrogens is 4. The first-order chi connectivity index (χ1) is 21.3. The smallest absolute Gasteiger partial charge is 0.410 e. The minimum atomic E-state index is -5.06. The van der Waals surface area contributed by atoms with Gasteiger partial charge in [0.1, 0.15) is 30.1 Å². The lowest BCUT2D eigenvalue weighted by Crippen LogP contribution is -2.73. The predicted molar refractivity (Wildman–Crippen MR) is 151 cm³/mol. The summed E-state index contributed by atoms with van der Waals surface area (Å²) in [5.74, 6) is -3.27. The molecule has 0 radical (unpaired) electrons. The highest BCUT2D eigenvalue weighted by Gasteiger charge is 2.55. The number of aliphatic carboxylic acids is 1. The van der Waals surface area contributed by atoms with Gasteiger partial charge in [0.05, 0.1) is 12.7 Å². The molecule has 20 nitrogen and oxygen atoms in total. The van der Waals surface area contributed by atoms with Gasteiger partial charge >= 0.3 is 22.4 Å². The van der Waals surface area contributed by atoms with Crippen LogP contribution >= 0.6 is 11.3 Å². The van der Waals surface area contributed by atoms with Gasteiger partial charge in [-0.2, -0.15) is 23.4 Å². The lowest BCUT2D eigenvalue weighted by atomic mass is 9.98. The van der Waals surface area contributed by atoms with E-state index in [1.54, 1.807) is 0 Å². The number of amides is 3. The normalized spacial score (nSPS) is 21.6. The summed E-state index contributed by atoms with van der Waals surface area (Å²) in [6.45, 7) is 0.749. The van der Waals surface area contributed by atoms with E-state index in [0.717, 1.165) is 16.1 Å². The van der Waals surface area contributed by atoms with Gasteiger partial charge in [0, 0.05) is 37.2 Å². The molecule has 0 spiro atoms. The number of thiazole rings is 1. The standard InChI is InChI=1S/C23H30N10O10S2/c24-5-12-7-31(8-12)22(38)42-10-13-6-26-32(29-13)9-15-17(19(35)33(15)45(39,40)41)28-18(34)16(14-11-44-21(25)27-14)30-43-23(20(36)37)3-1-2-4-23/h6,11-12,15,17H,1-5,7-10,24H2,(H2,25,27)(H,28,34)(H,36,37)(H,39,40,41)/b30-16-/t15-,17+/m1/s1. The second-order valence-corrected chi connectivity index (χ2v) is 12.9. The van der Waals surface area contributed by atoms with E-state index in [0.29, 0.717) is 32.5 Å². The number of nitrogens with two attached hydrogens (primary N) is 2. The summed E-state index contributed by atoms with van der Waals surface area (Å²) in [4.78, 5) is 62.1. The third-order valence-corrected chi connectivity index (χ3v) is 9.24. The average molecular weight is 671 g/mol. The van der Waals surface area contributed by atoms with Crippen LogP contribution in [0.3, 0.4) is 0 Å². The molecule has 2 aliphatic heterocycles. The number of carbonyl (C=O) groups excluding carboxylic acids is 3. The Balaban J connectivity index is 1.30. The van der Waals surface area contributed by atoms with Crippen LogP contribution in [0, 0.1) is 5.92 Å². The Morgan fingerprint density at radius 2 is 1.96 bits per heavy atom. The summed E-state index contributed by atoms with van der Waals surface area (Å²) in [6.07, 6.45) is 2.12. The topological polar surface area (TPSA) is 288 Å². The van der Waals surface area contributed by atoms with Crippen molar-refractivity contribution in [2.24, 2.45) is 16.8 Å². The van der Waals surface area contributed by atoms with Crippen LogP contribution in [0.4, 0.5) is 9.93 Å². The molecule has 45 heavy (non-hydrogen) atoms. The molecule has 3 fully saturated rings. The SMILES string of the molecule is NCC1CN(C(=O)OCc2cnn(C[C@@H]3[C@H](NC(=O)/C(=N\OC4(C(=O)O)CCCC4)c4csc(N)n4)C(=O)N3S(=O)(=O)O)n2)C1. The van der Waals surface area contributed by atoms with E-state index in [1.807, 2.05) is 0 Å². The number of nitrogens with one attached hydrogen (secondary N) is 1. The maximum absolute atomic E-state index is 13.4. The Morgan fingerprint density at radius 3 is 2.56 bits per heavy atom. The highest BCUT2D eigenvalue weighted by molar-refractivity contribution is 7.84. The molecule has 5 rings (SSSR count). The number of hydrogen-bond acceptors (Lipinski definition) is 15. The number of hydrogen-bond donors (Lipinski definition) is 5. The molecule has 244 valence electrons. The van der Waals surface area contributed by atoms with Crippen molar-refractivity contribution in [2.45, 2.75) is 56.5 Å². The van der Waals surface area contributed by atoms with Gasteiger partial charge in [-0.15, -0.1) is 11.3 Å². The van der Waals surface area contributed by atoms with Crippen LogP contribution in [0.25, 0.3) is 0 Å². The molecule has 2 atom stereocenters. The number of likely N-dealkylation sites (tertiary alicyclic amines) is 1. The highest BCUT2D eigenvalue weighted by atomic mass is 32.2. The van der Waals surface area contributed by atoms with Crippen molar-refractivity contribution in [1.29, 1.82) is 0 Å². The molecular weight excluding hydrogens is 640 g/mol.